The van der Waals surface area contributed by atoms with Crippen LogP contribution in [0.25, 0.3) is 88.0 Å². The Hall–Kier alpha value is -7.36. The number of furan rings is 2. The van der Waals surface area contributed by atoms with E-state index in [4.69, 9.17) is 8.83 Å². The molecular weight excluding hydrogens is 671 g/mol. The first-order valence-electron chi connectivity index (χ1n) is 18.7. The second-order valence-electron chi connectivity index (χ2n) is 14.1. The van der Waals surface area contributed by atoms with Crippen molar-refractivity contribution in [2.24, 2.45) is 0 Å². The van der Waals surface area contributed by atoms with Gasteiger partial charge in [-0.05, 0) is 99.3 Å². The molecule has 0 atom stereocenters. The average molecular weight is 704 g/mol. The number of para-hydroxylation sites is 3. The summed E-state index contributed by atoms with van der Waals surface area (Å²) in [6.45, 7) is 0. The zero-order chi connectivity index (χ0) is 36.3. The van der Waals surface area contributed by atoms with Gasteiger partial charge in [0.2, 0.25) is 0 Å². The van der Waals surface area contributed by atoms with Crippen LogP contribution in [-0.2, 0) is 0 Å². The molecule has 0 radical (unpaired) electrons. The van der Waals surface area contributed by atoms with Gasteiger partial charge in [-0.15, -0.1) is 0 Å². The Morgan fingerprint density at radius 1 is 0.309 bits per heavy atom. The summed E-state index contributed by atoms with van der Waals surface area (Å²) < 4.78 is 12.6. The highest BCUT2D eigenvalue weighted by atomic mass is 16.3. The van der Waals surface area contributed by atoms with E-state index < -0.39 is 0 Å². The lowest BCUT2D eigenvalue weighted by molar-refractivity contribution is 0.668. The van der Waals surface area contributed by atoms with Gasteiger partial charge in [0.25, 0.3) is 0 Å². The van der Waals surface area contributed by atoms with Crippen LogP contribution < -0.4 is 4.90 Å². The number of hydrogen-bond donors (Lipinski definition) is 0. The van der Waals surface area contributed by atoms with E-state index in [1.54, 1.807) is 0 Å². The molecule has 0 N–H and O–H groups in total. The molecule has 0 aliphatic heterocycles. The molecule has 3 heteroatoms. The minimum Gasteiger partial charge on any atom is -0.456 e. The minimum absolute atomic E-state index is 0.857. The van der Waals surface area contributed by atoms with Crippen molar-refractivity contribution in [3.63, 3.8) is 0 Å². The van der Waals surface area contributed by atoms with E-state index in [-0.39, 0.29) is 0 Å². The first kappa shape index (κ1) is 31.2. The zero-order valence-corrected chi connectivity index (χ0v) is 29.8. The molecular formula is C52H33NO2. The standard InChI is InChI=1S/C52H33NO2/c1-2-11-38-32-39(25-24-34(38)10-1)37-22-20-35(21-23-37)36-26-29-41(30-27-36)53(47-16-9-19-51-52(47)44-14-5-8-18-49(44)55-51)46-15-6-3-12-42(46)40-28-31-50-45(33-40)43-13-4-7-17-48(43)54-50/h1-33H. The highest BCUT2D eigenvalue weighted by Crippen LogP contribution is 2.46. The van der Waals surface area contributed by atoms with Gasteiger partial charge in [-0.1, -0.05) is 140 Å². The highest BCUT2D eigenvalue weighted by Gasteiger charge is 2.22. The van der Waals surface area contributed by atoms with Crippen molar-refractivity contribution in [3.05, 3.63) is 200 Å². The molecule has 9 aromatic carbocycles. The fourth-order valence-electron chi connectivity index (χ4n) is 8.18. The third-order valence-electron chi connectivity index (χ3n) is 10.9. The first-order valence-corrected chi connectivity index (χ1v) is 18.7. The van der Waals surface area contributed by atoms with Crippen LogP contribution >= 0.6 is 0 Å². The van der Waals surface area contributed by atoms with E-state index in [1.807, 2.05) is 24.3 Å². The largest absolute Gasteiger partial charge is 0.456 e. The van der Waals surface area contributed by atoms with E-state index in [2.05, 4.69) is 181 Å². The summed E-state index contributed by atoms with van der Waals surface area (Å²) in [5.41, 5.74) is 13.7. The molecule has 0 bridgehead atoms. The minimum atomic E-state index is 0.857. The Kier molecular flexibility index (Phi) is 7.17. The van der Waals surface area contributed by atoms with Gasteiger partial charge in [0.15, 0.2) is 0 Å². The molecule has 11 rings (SSSR count). The van der Waals surface area contributed by atoms with Crippen LogP contribution in [0.4, 0.5) is 17.1 Å². The normalized spacial score (nSPS) is 11.6. The van der Waals surface area contributed by atoms with Crippen LogP contribution in [0.3, 0.4) is 0 Å². The van der Waals surface area contributed by atoms with Gasteiger partial charge < -0.3 is 13.7 Å². The predicted molar refractivity (Wildman–Crippen MR) is 229 cm³/mol. The summed E-state index contributed by atoms with van der Waals surface area (Å²) in [6, 6.07) is 71.1. The molecule has 2 heterocycles. The van der Waals surface area contributed by atoms with Crippen LogP contribution in [0.2, 0.25) is 0 Å². The molecule has 0 fully saturated rings. The number of hydrogen-bond acceptors (Lipinski definition) is 3. The van der Waals surface area contributed by atoms with E-state index in [0.717, 1.165) is 77.6 Å². The summed E-state index contributed by atoms with van der Waals surface area (Å²) >= 11 is 0. The van der Waals surface area contributed by atoms with E-state index in [0.29, 0.717) is 0 Å². The lowest BCUT2D eigenvalue weighted by Gasteiger charge is -2.28. The van der Waals surface area contributed by atoms with Gasteiger partial charge in [0.1, 0.15) is 22.3 Å². The highest BCUT2D eigenvalue weighted by molar-refractivity contribution is 6.14. The Morgan fingerprint density at radius 2 is 0.855 bits per heavy atom. The van der Waals surface area contributed by atoms with Crippen molar-refractivity contribution in [3.8, 4) is 33.4 Å². The molecule has 0 aliphatic carbocycles. The first-order chi connectivity index (χ1) is 27.2. The molecule has 0 saturated heterocycles. The maximum atomic E-state index is 6.41. The van der Waals surface area contributed by atoms with Crippen LogP contribution in [-0.4, -0.2) is 0 Å². The van der Waals surface area contributed by atoms with Crippen LogP contribution in [0.5, 0.6) is 0 Å². The van der Waals surface area contributed by atoms with E-state index in [9.17, 15) is 0 Å². The van der Waals surface area contributed by atoms with Crippen molar-refractivity contribution in [2.45, 2.75) is 0 Å². The van der Waals surface area contributed by atoms with Crippen LogP contribution in [0.15, 0.2) is 209 Å². The number of rotatable bonds is 6. The van der Waals surface area contributed by atoms with Gasteiger partial charge in [0.05, 0.1) is 16.8 Å². The quantitative estimate of drug-likeness (QED) is 0.173. The zero-order valence-electron chi connectivity index (χ0n) is 29.8. The summed E-state index contributed by atoms with van der Waals surface area (Å²) in [7, 11) is 0. The maximum absolute atomic E-state index is 6.41. The van der Waals surface area contributed by atoms with Gasteiger partial charge in [-0.25, -0.2) is 0 Å². The van der Waals surface area contributed by atoms with E-state index in [1.165, 1.54) is 27.5 Å². The van der Waals surface area contributed by atoms with Crippen molar-refractivity contribution >= 4 is 71.7 Å². The summed E-state index contributed by atoms with van der Waals surface area (Å²) in [6.07, 6.45) is 0. The topological polar surface area (TPSA) is 29.5 Å². The second-order valence-corrected chi connectivity index (χ2v) is 14.1. The van der Waals surface area contributed by atoms with Crippen molar-refractivity contribution in [2.75, 3.05) is 4.90 Å². The van der Waals surface area contributed by atoms with Crippen molar-refractivity contribution in [1.82, 2.24) is 0 Å². The number of benzene rings is 9. The molecule has 0 amide bonds. The summed E-state index contributed by atoms with van der Waals surface area (Å²) in [4.78, 5) is 2.38. The third-order valence-corrected chi connectivity index (χ3v) is 10.9. The van der Waals surface area contributed by atoms with Crippen molar-refractivity contribution < 1.29 is 8.83 Å². The molecule has 0 aliphatic rings. The monoisotopic (exact) mass is 703 g/mol. The molecule has 258 valence electrons. The molecule has 3 nitrogen and oxygen atoms in total. The van der Waals surface area contributed by atoms with Gasteiger partial charge >= 0.3 is 0 Å². The fourth-order valence-corrected chi connectivity index (χ4v) is 8.18. The van der Waals surface area contributed by atoms with Crippen LogP contribution in [0.1, 0.15) is 0 Å². The van der Waals surface area contributed by atoms with Crippen LogP contribution in [0, 0.1) is 0 Å². The summed E-state index contributed by atoms with van der Waals surface area (Å²) in [5, 5.41) is 6.89. The maximum Gasteiger partial charge on any atom is 0.137 e. The number of nitrogens with zero attached hydrogens (tertiary/aromatic N) is 1. The SMILES string of the molecule is c1ccc(N(c2ccc(-c3ccc(-c4ccc5ccccc5c4)cc3)cc2)c2cccc3oc4ccccc4c23)c(-c2ccc3oc4ccccc4c3c2)c1. The average Bonchev–Trinajstić information content (AvgIpc) is 3.83. The lowest BCUT2D eigenvalue weighted by atomic mass is 9.97. The third kappa shape index (κ3) is 5.28. The van der Waals surface area contributed by atoms with Crippen molar-refractivity contribution in [1.29, 1.82) is 0 Å². The molecule has 2 aromatic heterocycles. The van der Waals surface area contributed by atoms with Gasteiger partial charge in [0, 0.05) is 27.4 Å². The Labute approximate surface area is 317 Å². The number of fused-ring (bicyclic) bond motifs is 7. The number of anilines is 3. The predicted octanol–water partition coefficient (Wildman–Crippen LogP) is 15.1. The smallest absolute Gasteiger partial charge is 0.137 e. The Balaban J connectivity index is 1.04. The Morgan fingerprint density at radius 3 is 1.67 bits per heavy atom. The molecule has 55 heavy (non-hydrogen) atoms. The molecule has 11 aromatic rings. The second kappa shape index (κ2) is 12.6. The van der Waals surface area contributed by atoms with Gasteiger partial charge in [-0.3, -0.25) is 0 Å². The fraction of sp³-hybridized carbons (Fsp3) is 0. The van der Waals surface area contributed by atoms with Gasteiger partial charge in [-0.2, -0.15) is 0 Å². The summed E-state index contributed by atoms with van der Waals surface area (Å²) in [5.74, 6) is 0. The molecule has 0 spiro atoms. The molecule has 0 saturated carbocycles. The molecule has 0 unspecified atom stereocenters. The Bertz CT molecular complexity index is 3200. The lowest BCUT2D eigenvalue weighted by Crippen LogP contribution is -2.11. The van der Waals surface area contributed by atoms with E-state index >= 15 is 0 Å².